The van der Waals surface area contributed by atoms with E-state index < -0.39 is 0 Å². The van der Waals surface area contributed by atoms with Crippen molar-refractivity contribution in [2.24, 2.45) is 0 Å². The van der Waals surface area contributed by atoms with Crippen LogP contribution in [0.15, 0.2) is 186 Å². The van der Waals surface area contributed by atoms with Crippen molar-refractivity contribution in [3.05, 3.63) is 182 Å². The summed E-state index contributed by atoms with van der Waals surface area (Å²) in [6, 6.07) is 63.1. The van der Waals surface area contributed by atoms with E-state index >= 15 is 0 Å². The summed E-state index contributed by atoms with van der Waals surface area (Å²) in [4.78, 5) is 15.5. The first kappa shape index (κ1) is 30.3. The number of rotatable bonds is 5. The zero-order chi connectivity index (χ0) is 35.6. The number of aromatic nitrogens is 4. The third kappa shape index (κ3) is 4.83. The number of hydrogen-bond donors (Lipinski definition) is 0. The second-order valence-corrected chi connectivity index (χ2v) is 13.6. The fraction of sp³-hybridized carbons (Fsp3) is 0. The van der Waals surface area contributed by atoms with Gasteiger partial charge in [0.1, 0.15) is 11.3 Å². The number of fused-ring (bicyclic) bond motifs is 8. The second-order valence-electron chi connectivity index (χ2n) is 13.6. The summed E-state index contributed by atoms with van der Waals surface area (Å²) in [6.45, 7) is 0. The Morgan fingerprint density at radius 1 is 0.407 bits per heavy atom. The van der Waals surface area contributed by atoms with Crippen molar-refractivity contribution >= 4 is 54.6 Å². The molecular formula is C49H30N4O. The Labute approximate surface area is 310 Å². The first-order chi connectivity index (χ1) is 26.8. The molecule has 0 spiro atoms. The molecule has 0 amide bonds. The van der Waals surface area contributed by atoms with E-state index in [1.54, 1.807) is 0 Å². The molecule has 0 atom stereocenters. The molecule has 0 fully saturated rings. The highest BCUT2D eigenvalue weighted by atomic mass is 16.3. The van der Waals surface area contributed by atoms with Crippen molar-refractivity contribution in [2.45, 2.75) is 0 Å². The Hall–Kier alpha value is -7.37. The molecule has 0 saturated heterocycles. The summed E-state index contributed by atoms with van der Waals surface area (Å²) >= 11 is 0. The molecule has 0 N–H and O–H groups in total. The third-order valence-electron chi connectivity index (χ3n) is 10.4. The molecule has 4 heterocycles. The van der Waals surface area contributed by atoms with E-state index in [-0.39, 0.29) is 0 Å². The molecule has 7 aromatic carbocycles. The number of nitrogens with zero attached hydrogens (tertiary/aromatic N) is 4. The highest BCUT2D eigenvalue weighted by Gasteiger charge is 2.20. The van der Waals surface area contributed by atoms with Crippen LogP contribution < -0.4 is 0 Å². The predicted molar refractivity (Wildman–Crippen MR) is 221 cm³/mol. The summed E-state index contributed by atoms with van der Waals surface area (Å²) in [7, 11) is 0. The van der Waals surface area contributed by atoms with E-state index in [0.717, 1.165) is 77.9 Å². The van der Waals surface area contributed by atoms with Gasteiger partial charge in [0.2, 0.25) is 0 Å². The van der Waals surface area contributed by atoms with Crippen LogP contribution in [0.4, 0.5) is 0 Å². The van der Waals surface area contributed by atoms with Crippen LogP contribution in [0.3, 0.4) is 0 Å². The minimum atomic E-state index is 0.649. The SMILES string of the molecule is c1ccc(-c2cc(-c3ccc(-n4c5ccccc5c5ccccc54)cc3)nc(-c3ccc4oc5c(-c6ccccc6)nc6ccccc6c5c4c3)n2)cc1. The maximum Gasteiger partial charge on any atom is 0.162 e. The van der Waals surface area contributed by atoms with Crippen LogP contribution in [-0.4, -0.2) is 19.5 Å². The smallest absolute Gasteiger partial charge is 0.162 e. The van der Waals surface area contributed by atoms with Gasteiger partial charge in [-0.15, -0.1) is 0 Å². The van der Waals surface area contributed by atoms with Crippen molar-refractivity contribution in [3.8, 4) is 50.8 Å². The minimum Gasteiger partial charge on any atom is -0.454 e. The van der Waals surface area contributed by atoms with Gasteiger partial charge >= 0.3 is 0 Å². The topological polar surface area (TPSA) is 56.7 Å². The fourth-order valence-corrected chi connectivity index (χ4v) is 7.88. The summed E-state index contributed by atoms with van der Waals surface area (Å²) < 4.78 is 8.95. The summed E-state index contributed by atoms with van der Waals surface area (Å²) in [5.74, 6) is 0.649. The average Bonchev–Trinajstić information content (AvgIpc) is 3.80. The maximum absolute atomic E-state index is 6.61. The van der Waals surface area contributed by atoms with E-state index in [4.69, 9.17) is 19.4 Å². The van der Waals surface area contributed by atoms with Crippen molar-refractivity contribution in [3.63, 3.8) is 0 Å². The van der Waals surface area contributed by atoms with Gasteiger partial charge in [-0.25, -0.2) is 15.0 Å². The normalized spacial score (nSPS) is 11.7. The molecule has 11 rings (SSSR count). The van der Waals surface area contributed by atoms with E-state index in [2.05, 4.69) is 138 Å². The van der Waals surface area contributed by atoms with Gasteiger partial charge in [0.25, 0.3) is 0 Å². The molecular weight excluding hydrogens is 661 g/mol. The molecule has 0 unspecified atom stereocenters. The zero-order valence-corrected chi connectivity index (χ0v) is 29.0. The first-order valence-electron chi connectivity index (χ1n) is 18.1. The fourth-order valence-electron chi connectivity index (χ4n) is 7.88. The monoisotopic (exact) mass is 690 g/mol. The lowest BCUT2D eigenvalue weighted by Gasteiger charge is -2.11. The van der Waals surface area contributed by atoms with Crippen molar-refractivity contribution in [1.29, 1.82) is 0 Å². The predicted octanol–water partition coefficient (Wildman–Crippen LogP) is 12.7. The lowest BCUT2D eigenvalue weighted by Crippen LogP contribution is -1.97. The van der Waals surface area contributed by atoms with Crippen LogP contribution in [-0.2, 0) is 0 Å². The van der Waals surface area contributed by atoms with Crippen LogP contribution >= 0.6 is 0 Å². The van der Waals surface area contributed by atoms with Crippen molar-refractivity contribution in [2.75, 3.05) is 0 Å². The quantitative estimate of drug-likeness (QED) is 0.180. The molecule has 5 nitrogen and oxygen atoms in total. The number of pyridine rings is 1. The van der Waals surface area contributed by atoms with E-state index in [1.165, 1.54) is 21.8 Å². The Morgan fingerprint density at radius 3 is 1.65 bits per heavy atom. The summed E-state index contributed by atoms with van der Waals surface area (Å²) in [6.07, 6.45) is 0. The average molecular weight is 691 g/mol. The van der Waals surface area contributed by atoms with Gasteiger partial charge in [-0.2, -0.15) is 0 Å². The summed E-state index contributed by atoms with van der Waals surface area (Å²) in [5, 5.41) is 5.58. The van der Waals surface area contributed by atoms with Gasteiger partial charge in [0, 0.05) is 54.9 Å². The summed E-state index contributed by atoms with van der Waals surface area (Å²) in [5.41, 5.74) is 12.5. The number of benzene rings is 7. The van der Waals surface area contributed by atoms with Gasteiger partial charge in [0.05, 0.1) is 27.9 Å². The molecule has 0 bridgehead atoms. The molecule has 5 heteroatoms. The molecule has 4 aromatic heterocycles. The molecule has 0 aliphatic heterocycles. The van der Waals surface area contributed by atoms with Crippen molar-refractivity contribution in [1.82, 2.24) is 19.5 Å². The van der Waals surface area contributed by atoms with Gasteiger partial charge in [-0.3, -0.25) is 0 Å². The molecule has 0 radical (unpaired) electrons. The second kappa shape index (κ2) is 12.1. The third-order valence-corrected chi connectivity index (χ3v) is 10.4. The Kier molecular flexibility index (Phi) is 6.79. The molecule has 11 aromatic rings. The minimum absolute atomic E-state index is 0.649. The number of para-hydroxylation sites is 3. The van der Waals surface area contributed by atoms with Crippen LogP contribution in [0.25, 0.3) is 105 Å². The van der Waals surface area contributed by atoms with E-state index in [0.29, 0.717) is 5.82 Å². The van der Waals surface area contributed by atoms with Crippen LogP contribution in [0.5, 0.6) is 0 Å². The van der Waals surface area contributed by atoms with Crippen molar-refractivity contribution < 1.29 is 4.42 Å². The Morgan fingerprint density at radius 2 is 0.963 bits per heavy atom. The highest BCUT2D eigenvalue weighted by molar-refractivity contribution is 6.21. The van der Waals surface area contributed by atoms with Crippen LogP contribution in [0.1, 0.15) is 0 Å². The number of furan rings is 1. The van der Waals surface area contributed by atoms with Gasteiger partial charge in [0.15, 0.2) is 11.4 Å². The Bertz CT molecular complexity index is 3150. The van der Waals surface area contributed by atoms with E-state index in [1.807, 2.05) is 48.5 Å². The largest absolute Gasteiger partial charge is 0.454 e. The van der Waals surface area contributed by atoms with Crippen LogP contribution in [0, 0.1) is 0 Å². The zero-order valence-electron chi connectivity index (χ0n) is 29.0. The maximum atomic E-state index is 6.61. The van der Waals surface area contributed by atoms with Gasteiger partial charge in [-0.05, 0) is 54.6 Å². The molecule has 0 aliphatic carbocycles. The number of hydrogen-bond acceptors (Lipinski definition) is 4. The highest BCUT2D eigenvalue weighted by Crippen LogP contribution is 2.41. The van der Waals surface area contributed by atoms with Gasteiger partial charge in [-0.1, -0.05) is 127 Å². The first-order valence-corrected chi connectivity index (χ1v) is 18.1. The molecule has 252 valence electrons. The molecule has 0 aliphatic rings. The lowest BCUT2D eigenvalue weighted by atomic mass is 10.0. The van der Waals surface area contributed by atoms with E-state index in [9.17, 15) is 0 Å². The van der Waals surface area contributed by atoms with Gasteiger partial charge < -0.3 is 8.98 Å². The molecule has 54 heavy (non-hydrogen) atoms. The van der Waals surface area contributed by atoms with Crippen LogP contribution in [0.2, 0.25) is 0 Å². The molecule has 0 saturated carbocycles. The Balaban J connectivity index is 1.08. The standard InChI is InChI=1S/C49H30N4O/c1-3-13-31(14-4-1)41-30-42(32-23-26-35(27-24-32)53-43-21-11-8-17-36(43)37-18-9-12-22-44(37)53)52-49(51-41)34-25-28-45-39(29-34)46-38-19-7-10-20-40(38)50-47(48(46)54-45)33-15-5-2-6-16-33/h1-30H. The lowest BCUT2D eigenvalue weighted by molar-refractivity contribution is 0.669.